The third-order valence-electron chi connectivity index (χ3n) is 4.18. The highest BCUT2D eigenvalue weighted by atomic mass is 16.5. The number of aryl methyl sites for hydroxylation is 1. The second-order valence-electron chi connectivity index (χ2n) is 7.08. The molecule has 2 aromatic carbocycles. The van der Waals surface area contributed by atoms with Crippen LogP contribution in [-0.2, 0) is 11.2 Å². The summed E-state index contributed by atoms with van der Waals surface area (Å²) in [5.74, 6) is 0.790. The van der Waals surface area contributed by atoms with E-state index in [1.54, 1.807) is 24.3 Å². The Balaban J connectivity index is 1.58. The highest BCUT2D eigenvalue weighted by Crippen LogP contribution is 2.17. The number of anilines is 1. The van der Waals surface area contributed by atoms with Gasteiger partial charge in [-0.15, -0.1) is 0 Å². The molecule has 7 heteroatoms. The molecule has 0 spiro atoms. The number of aromatic nitrogens is 2. The van der Waals surface area contributed by atoms with E-state index in [0.717, 1.165) is 5.56 Å². The second-order valence-corrected chi connectivity index (χ2v) is 7.08. The predicted molar refractivity (Wildman–Crippen MR) is 110 cm³/mol. The number of amides is 2. The molecule has 7 nitrogen and oxygen atoms in total. The first-order chi connectivity index (χ1) is 14.0. The van der Waals surface area contributed by atoms with Gasteiger partial charge in [-0.05, 0) is 18.1 Å². The van der Waals surface area contributed by atoms with Crippen molar-refractivity contribution in [1.82, 2.24) is 15.5 Å². The van der Waals surface area contributed by atoms with Crippen LogP contribution in [0.3, 0.4) is 0 Å². The van der Waals surface area contributed by atoms with Crippen molar-refractivity contribution in [2.24, 2.45) is 5.92 Å². The Labute approximate surface area is 169 Å². The molecule has 2 amide bonds. The molecule has 1 heterocycles. The molecule has 0 saturated heterocycles. The number of hydrogen-bond acceptors (Lipinski definition) is 5. The fourth-order valence-electron chi connectivity index (χ4n) is 2.68. The minimum absolute atomic E-state index is 0.165. The van der Waals surface area contributed by atoms with E-state index in [4.69, 9.17) is 4.52 Å². The summed E-state index contributed by atoms with van der Waals surface area (Å²) >= 11 is 0. The van der Waals surface area contributed by atoms with Crippen molar-refractivity contribution in [3.63, 3.8) is 0 Å². The van der Waals surface area contributed by atoms with Crippen LogP contribution >= 0.6 is 0 Å². The van der Waals surface area contributed by atoms with Crippen molar-refractivity contribution < 1.29 is 14.1 Å². The van der Waals surface area contributed by atoms with Gasteiger partial charge >= 0.3 is 0 Å². The predicted octanol–water partition coefficient (Wildman–Crippen LogP) is 3.69. The summed E-state index contributed by atoms with van der Waals surface area (Å²) < 4.78 is 5.23. The topological polar surface area (TPSA) is 97.1 Å². The molecule has 0 atom stereocenters. The lowest BCUT2D eigenvalue weighted by atomic mass is 10.1. The summed E-state index contributed by atoms with van der Waals surface area (Å²) in [4.78, 5) is 29.1. The summed E-state index contributed by atoms with van der Waals surface area (Å²) in [6, 6.07) is 16.4. The molecule has 29 heavy (non-hydrogen) atoms. The number of rotatable bonds is 8. The Kier molecular flexibility index (Phi) is 6.73. The van der Waals surface area contributed by atoms with E-state index in [1.165, 1.54) is 0 Å². The lowest BCUT2D eigenvalue weighted by Crippen LogP contribution is -2.28. The van der Waals surface area contributed by atoms with Gasteiger partial charge in [-0.1, -0.05) is 61.5 Å². The van der Waals surface area contributed by atoms with Crippen molar-refractivity contribution >= 4 is 17.5 Å². The van der Waals surface area contributed by atoms with Gasteiger partial charge in [-0.3, -0.25) is 9.59 Å². The zero-order valence-corrected chi connectivity index (χ0v) is 16.5. The summed E-state index contributed by atoms with van der Waals surface area (Å²) in [7, 11) is 0. The highest BCUT2D eigenvalue weighted by Gasteiger charge is 2.15. The highest BCUT2D eigenvalue weighted by molar-refractivity contribution is 6.03. The summed E-state index contributed by atoms with van der Waals surface area (Å²) in [6.45, 7) is 4.62. The molecular formula is C22H24N4O3. The first kappa shape index (κ1) is 20.3. The third-order valence-corrected chi connectivity index (χ3v) is 4.18. The molecule has 0 aliphatic heterocycles. The average Bonchev–Trinajstić information content (AvgIpc) is 3.21. The van der Waals surface area contributed by atoms with Crippen LogP contribution in [0.2, 0.25) is 0 Å². The molecule has 3 aromatic rings. The van der Waals surface area contributed by atoms with Crippen LogP contribution in [-0.4, -0.2) is 28.5 Å². The summed E-state index contributed by atoms with van der Waals surface area (Å²) in [6.07, 6.45) is 0.478. The normalized spacial score (nSPS) is 10.7. The maximum Gasteiger partial charge on any atom is 0.253 e. The average molecular weight is 392 g/mol. The molecule has 0 unspecified atom stereocenters. The van der Waals surface area contributed by atoms with Gasteiger partial charge in [-0.25, -0.2) is 0 Å². The molecule has 1 aromatic heterocycles. The van der Waals surface area contributed by atoms with Gasteiger partial charge in [0.25, 0.3) is 5.91 Å². The zero-order valence-electron chi connectivity index (χ0n) is 16.5. The van der Waals surface area contributed by atoms with Crippen LogP contribution in [0.25, 0.3) is 11.4 Å². The maximum absolute atomic E-state index is 12.4. The third kappa shape index (κ3) is 5.75. The standard InChI is InChI=1S/C22H24N4O3/c1-15(2)14-23-22(28)17-10-6-7-11-18(17)24-19(27)12-13-20-25-21(26-29-20)16-8-4-3-5-9-16/h3-11,15H,12-14H2,1-2H3,(H,23,28)(H,24,27). The quantitative estimate of drug-likeness (QED) is 0.609. The van der Waals surface area contributed by atoms with Crippen molar-refractivity contribution in [1.29, 1.82) is 0 Å². The van der Waals surface area contributed by atoms with Crippen molar-refractivity contribution in [3.05, 3.63) is 66.1 Å². The van der Waals surface area contributed by atoms with Crippen molar-refractivity contribution in [3.8, 4) is 11.4 Å². The van der Waals surface area contributed by atoms with Crippen molar-refractivity contribution in [2.75, 3.05) is 11.9 Å². The summed E-state index contributed by atoms with van der Waals surface area (Å²) in [5, 5.41) is 9.61. The lowest BCUT2D eigenvalue weighted by molar-refractivity contribution is -0.116. The van der Waals surface area contributed by atoms with E-state index in [9.17, 15) is 9.59 Å². The van der Waals surface area contributed by atoms with Gasteiger partial charge in [0.05, 0.1) is 11.3 Å². The van der Waals surface area contributed by atoms with Gasteiger partial charge in [0.15, 0.2) is 0 Å². The Morgan fingerprint density at radius 1 is 1.03 bits per heavy atom. The minimum atomic E-state index is -0.228. The first-order valence-corrected chi connectivity index (χ1v) is 9.58. The molecular weight excluding hydrogens is 368 g/mol. The lowest BCUT2D eigenvalue weighted by Gasteiger charge is -2.12. The fraction of sp³-hybridized carbons (Fsp3) is 0.273. The van der Waals surface area contributed by atoms with Gasteiger partial charge in [0.1, 0.15) is 0 Å². The number of carbonyl (C=O) groups excluding carboxylic acids is 2. The second kappa shape index (κ2) is 9.64. The number of nitrogens with zero attached hydrogens (tertiary/aromatic N) is 2. The molecule has 150 valence electrons. The van der Waals surface area contributed by atoms with Crippen LogP contribution in [0.5, 0.6) is 0 Å². The smallest absolute Gasteiger partial charge is 0.253 e. The monoisotopic (exact) mass is 392 g/mol. The SMILES string of the molecule is CC(C)CNC(=O)c1ccccc1NC(=O)CCc1nc(-c2ccccc2)no1. The van der Waals surface area contributed by atoms with Crippen LogP contribution in [0.15, 0.2) is 59.1 Å². The van der Waals surface area contributed by atoms with Crippen LogP contribution in [0.1, 0.15) is 36.5 Å². The molecule has 0 fully saturated rings. The molecule has 0 bridgehead atoms. The van der Waals surface area contributed by atoms with E-state index >= 15 is 0 Å². The van der Waals surface area contributed by atoms with E-state index in [0.29, 0.717) is 41.8 Å². The number of para-hydroxylation sites is 1. The molecule has 0 aliphatic carbocycles. The van der Waals surface area contributed by atoms with Gasteiger partial charge in [0, 0.05) is 24.9 Å². The van der Waals surface area contributed by atoms with Gasteiger partial charge in [-0.2, -0.15) is 4.98 Å². The Bertz CT molecular complexity index is 967. The first-order valence-electron chi connectivity index (χ1n) is 9.58. The number of carbonyl (C=O) groups is 2. The molecule has 0 aliphatic rings. The maximum atomic E-state index is 12.4. The zero-order chi connectivity index (χ0) is 20.6. The number of hydrogen-bond donors (Lipinski definition) is 2. The van der Waals surface area contributed by atoms with Gasteiger partial charge < -0.3 is 15.2 Å². The summed E-state index contributed by atoms with van der Waals surface area (Å²) in [5.41, 5.74) is 1.77. The van der Waals surface area contributed by atoms with E-state index < -0.39 is 0 Å². The molecule has 0 saturated carbocycles. The Morgan fingerprint density at radius 3 is 2.52 bits per heavy atom. The Morgan fingerprint density at radius 2 is 1.76 bits per heavy atom. The van der Waals surface area contributed by atoms with Gasteiger partial charge in [0.2, 0.25) is 17.6 Å². The van der Waals surface area contributed by atoms with E-state index in [1.807, 2.05) is 44.2 Å². The molecule has 2 N–H and O–H groups in total. The largest absolute Gasteiger partial charge is 0.352 e. The molecule has 3 rings (SSSR count). The van der Waals surface area contributed by atoms with E-state index in [2.05, 4.69) is 20.8 Å². The van der Waals surface area contributed by atoms with Crippen molar-refractivity contribution in [2.45, 2.75) is 26.7 Å². The fourth-order valence-corrected chi connectivity index (χ4v) is 2.68. The number of nitrogens with one attached hydrogen (secondary N) is 2. The van der Waals surface area contributed by atoms with Crippen LogP contribution < -0.4 is 10.6 Å². The van der Waals surface area contributed by atoms with Crippen LogP contribution in [0.4, 0.5) is 5.69 Å². The van der Waals surface area contributed by atoms with Crippen LogP contribution in [0, 0.1) is 5.92 Å². The minimum Gasteiger partial charge on any atom is -0.352 e. The Hall–Kier alpha value is -3.48. The van der Waals surface area contributed by atoms with E-state index in [-0.39, 0.29) is 18.2 Å². The molecule has 0 radical (unpaired) electrons. The number of benzene rings is 2.